The predicted molar refractivity (Wildman–Crippen MR) is 93.5 cm³/mol. The zero-order valence-electron chi connectivity index (χ0n) is 12.1. The van der Waals surface area contributed by atoms with Gasteiger partial charge in [-0.2, -0.15) is 0 Å². The lowest BCUT2D eigenvalue weighted by atomic mass is 10.1. The zero-order valence-corrected chi connectivity index (χ0v) is 14.3. The number of ether oxygens (including phenoxy) is 1. The standard InChI is InChI=1S/C16H15IN2O3/c1-18-15(20)10-3-6-12(7-4-10)19-16(21)11-5-8-14(22-2)13(17)9-11/h3-9H,1-2H3,(H,18,20)(H,19,21). The molecule has 0 saturated heterocycles. The average Bonchev–Trinajstić information content (AvgIpc) is 2.54. The van der Waals surface area contributed by atoms with E-state index in [1.807, 2.05) is 0 Å². The summed E-state index contributed by atoms with van der Waals surface area (Å²) in [6.07, 6.45) is 0. The van der Waals surface area contributed by atoms with Gasteiger partial charge in [0.15, 0.2) is 0 Å². The first-order chi connectivity index (χ1) is 10.5. The van der Waals surface area contributed by atoms with E-state index in [-0.39, 0.29) is 11.8 Å². The lowest BCUT2D eigenvalue weighted by molar-refractivity contribution is 0.0962. The van der Waals surface area contributed by atoms with Gasteiger partial charge in [-0.05, 0) is 65.1 Å². The Morgan fingerprint density at radius 2 is 1.64 bits per heavy atom. The Hall–Kier alpha value is -2.09. The minimum Gasteiger partial charge on any atom is -0.496 e. The molecule has 0 fully saturated rings. The van der Waals surface area contributed by atoms with Gasteiger partial charge in [0.2, 0.25) is 0 Å². The van der Waals surface area contributed by atoms with Crippen LogP contribution >= 0.6 is 22.6 Å². The fourth-order valence-electron chi connectivity index (χ4n) is 1.86. The second-order valence-electron chi connectivity index (χ2n) is 4.46. The molecule has 2 rings (SSSR count). The van der Waals surface area contributed by atoms with Crippen molar-refractivity contribution in [2.24, 2.45) is 0 Å². The Morgan fingerprint density at radius 1 is 1.00 bits per heavy atom. The molecule has 2 N–H and O–H groups in total. The number of anilines is 1. The van der Waals surface area contributed by atoms with E-state index >= 15 is 0 Å². The van der Waals surface area contributed by atoms with Gasteiger partial charge in [-0.1, -0.05) is 0 Å². The predicted octanol–water partition coefficient (Wildman–Crippen LogP) is 2.91. The summed E-state index contributed by atoms with van der Waals surface area (Å²) < 4.78 is 6.03. The number of carbonyl (C=O) groups is 2. The topological polar surface area (TPSA) is 67.4 Å². The van der Waals surface area contributed by atoms with Crippen molar-refractivity contribution in [1.82, 2.24) is 5.32 Å². The Labute approximate surface area is 142 Å². The Balaban J connectivity index is 2.11. The highest BCUT2D eigenvalue weighted by atomic mass is 127. The monoisotopic (exact) mass is 410 g/mol. The summed E-state index contributed by atoms with van der Waals surface area (Å²) >= 11 is 2.12. The smallest absolute Gasteiger partial charge is 0.255 e. The van der Waals surface area contributed by atoms with Gasteiger partial charge >= 0.3 is 0 Å². The highest BCUT2D eigenvalue weighted by Gasteiger charge is 2.10. The first kappa shape index (κ1) is 16.3. The quantitative estimate of drug-likeness (QED) is 0.762. The Kier molecular flexibility index (Phi) is 5.37. The van der Waals surface area contributed by atoms with Crippen LogP contribution < -0.4 is 15.4 Å². The molecule has 2 aromatic rings. The highest BCUT2D eigenvalue weighted by Crippen LogP contribution is 2.22. The summed E-state index contributed by atoms with van der Waals surface area (Å²) in [4.78, 5) is 23.7. The summed E-state index contributed by atoms with van der Waals surface area (Å²) in [5.74, 6) is 0.350. The van der Waals surface area contributed by atoms with Gasteiger partial charge in [-0.25, -0.2) is 0 Å². The molecule has 0 aromatic heterocycles. The van der Waals surface area contributed by atoms with Crippen molar-refractivity contribution >= 4 is 40.1 Å². The van der Waals surface area contributed by atoms with E-state index < -0.39 is 0 Å². The average molecular weight is 410 g/mol. The number of rotatable bonds is 4. The van der Waals surface area contributed by atoms with Crippen molar-refractivity contribution in [2.75, 3.05) is 19.5 Å². The fourth-order valence-corrected chi connectivity index (χ4v) is 2.60. The number of hydrogen-bond acceptors (Lipinski definition) is 3. The van der Waals surface area contributed by atoms with E-state index in [1.165, 1.54) is 0 Å². The second kappa shape index (κ2) is 7.26. The molecule has 0 aliphatic carbocycles. The molecular formula is C16H15IN2O3. The van der Waals surface area contributed by atoms with Crippen LogP contribution in [-0.2, 0) is 0 Å². The molecular weight excluding hydrogens is 395 g/mol. The molecule has 0 spiro atoms. The molecule has 0 aliphatic rings. The van der Waals surface area contributed by atoms with Gasteiger partial charge in [-0.3, -0.25) is 9.59 Å². The van der Waals surface area contributed by atoms with Crippen LogP contribution in [0.5, 0.6) is 5.75 Å². The fraction of sp³-hybridized carbons (Fsp3) is 0.125. The number of methoxy groups -OCH3 is 1. The van der Waals surface area contributed by atoms with Crippen LogP contribution in [0.25, 0.3) is 0 Å². The molecule has 22 heavy (non-hydrogen) atoms. The number of carbonyl (C=O) groups excluding carboxylic acids is 2. The van der Waals surface area contributed by atoms with Crippen LogP contribution in [0.2, 0.25) is 0 Å². The van der Waals surface area contributed by atoms with Gasteiger partial charge < -0.3 is 15.4 Å². The maximum Gasteiger partial charge on any atom is 0.255 e. The van der Waals surface area contributed by atoms with E-state index in [1.54, 1.807) is 56.6 Å². The normalized spacial score (nSPS) is 9.95. The summed E-state index contributed by atoms with van der Waals surface area (Å²) in [6, 6.07) is 11.9. The Bertz CT molecular complexity index is 699. The van der Waals surface area contributed by atoms with Gasteiger partial charge in [0.05, 0.1) is 10.7 Å². The molecule has 0 aliphatic heterocycles. The summed E-state index contributed by atoms with van der Waals surface area (Å²) in [6.45, 7) is 0. The summed E-state index contributed by atoms with van der Waals surface area (Å²) in [5.41, 5.74) is 1.71. The number of amides is 2. The lowest BCUT2D eigenvalue weighted by Crippen LogP contribution is -2.17. The Morgan fingerprint density at radius 3 is 2.18 bits per heavy atom. The van der Waals surface area contributed by atoms with E-state index in [9.17, 15) is 9.59 Å². The van der Waals surface area contributed by atoms with Crippen molar-refractivity contribution in [3.63, 3.8) is 0 Å². The molecule has 6 heteroatoms. The van der Waals surface area contributed by atoms with Crippen molar-refractivity contribution in [2.45, 2.75) is 0 Å². The minimum atomic E-state index is -0.215. The molecule has 0 unspecified atom stereocenters. The molecule has 0 atom stereocenters. The maximum absolute atomic E-state index is 12.2. The third-order valence-corrected chi connectivity index (χ3v) is 3.89. The molecule has 114 valence electrons. The van der Waals surface area contributed by atoms with E-state index in [0.29, 0.717) is 16.8 Å². The number of nitrogens with one attached hydrogen (secondary N) is 2. The summed E-state index contributed by atoms with van der Waals surface area (Å²) in [5, 5.41) is 5.34. The van der Waals surface area contributed by atoms with Gasteiger partial charge in [0.1, 0.15) is 5.75 Å². The van der Waals surface area contributed by atoms with E-state index in [2.05, 4.69) is 33.2 Å². The minimum absolute atomic E-state index is 0.164. The van der Waals surface area contributed by atoms with Crippen LogP contribution in [0.4, 0.5) is 5.69 Å². The van der Waals surface area contributed by atoms with Crippen molar-refractivity contribution < 1.29 is 14.3 Å². The van der Waals surface area contributed by atoms with Gasteiger partial charge in [0.25, 0.3) is 11.8 Å². The SMILES string of the molecule is CNC(=O)c1ccc(NC(=O)c2ccc(OC)c(I)c2)cc1. The van der Waals surface area contributed by atoms with Crippen molar-refractivity contribution in [3.8, 4) is 5.75 Å². The van der Waals surface area contributed by atoms with Crippen molar-refractivity contribution in [3.05, 3.63) is 57.2 Å². The van der Waals surface area contributed by atoms with Crippen LogP contribution in [0.15, 0.2) is 42.5 Å². The summed E-state index contributed by atoms with van der Waals surface area (Å²) in [7, 11) is 3.16. The number of benzene rings is 2. The molecule has 0 radical (unpaired) electrons. The van der Waals surface area contributed by atoms with Gasteiger partial charge in [-0.15, -0.1) is 0 Å². The molecule has 2 aromatic carbocycles. The first-order valence-corrected chi connectivity index (χ1v) is 7.60. The maximum atomic E-state index is 12.2. The number of halogens is 1. The van der Waals surface area contributed by atoms with Crippen molar-refractivity contribution in [1.29, 1.82) is 0 Å². The molecule has 0 bridgehead atoms. The largest absolute Gasteiger partial charge is 0.496 e. The molecule has 0 saturated carbocycles. The van der Waals surface area contributed by atoms with Crippen LogP contribution in [-0.4, -0.2) is 26.0 Å². The number of hydrogen-bond donors (Lipinski definition) is 2. The van der Waals surface area contributed by atoms with Crippen LogP contribution in [0, 0.1) is 3.57 Å². The molecule has 5 nitrogen and oxygen atoms in total. The van der Waals surface area contributed by atoms with Gasteiger partial charge in [0, 0.05) is 23.9 Å². The second-order valence-corrected chi connectivity index (χ2v) is 5.62. The molecule has 2 amide bonds. The van der Waals surface area contributed by atoms with E-state index in [4.69, 9.17) is 4.74 Å². The lowest BCUT2D eigenvalue weighted by Gasteiger charge is -2.08. The van der Waals surface area contributed by atoms with Crippen LogP contribution in [0.3, 0.4) is 0 Å². The third-order valence-electron chi connectivity index (χ3n) is 3.05. The first-order valence-electron chi connectivity index (χ1n) is 6.52. The highest BCUT2D eigenvalue weighted by molar-refractivity contribution is 14.1. The van der Waals surface area contributed by atoms with E-state index in [0.717, 1.165) is 9.32 Å². The zero-order chi connectivity index (χ0) is 16.1. The molecule has 0 heterocycles. The van der Waals surface area contributed by atoms with Crippen LogP contribution in [0.1, 0.15) is 20.7 Å². The third kappa shape index (κ3) is 3.76.